The van der Waals surface area contributed by atoms with Crippen LogP contribution in [-0.4, -0.2) is 55.0 Å². The minimum absolute atomic E-state index is 0.0372. The summed E-state index contributed by atoms with van der Waals surface area (Å²) in [4.78, 5) is 40.3. The summed E-state index contributed by atoms with van der Waals surface area (Å²) in [7, 11) is 0. The summed E-state index contributed by atoms with van der Waals surface area (Å²) in [5, 5.41) is 11.5. The third-order valence-electron chi connectivity index (χ3n) is 6.01. The smallest absolute Gasteiger partial charge is 0.407 e. The molecule has 2 aliphatic rings. The summed E-state index contributed by atoms with van der Waals surface area (Å²) in [5.74, 6) is -2.10. The predicted molar refractivity (Wildman–Crippen MR) is 117 cm³/mol. The van der Waals surface area contributed by atoms with Crippen molar-refractivity contribution in [1.82, 2.24) is 10.8 Å². The molecule has 1 fully saturated rings. The van der Waals surface area contributed by atoms with Gasteiger partial charge in [0, 0.05) is 25.0 Å². The summed E-state index contributed by atoms with van der Waals surface area (Å²) in [5.41, 5.74) is 6.67. The quantitative estimate of drug-likeness (QED) is 0.524. The average molecular weight is 454 g/mol. The maximum Gasteiger partial charge on any atom is 0.407 e. The number of benzene rings is 2. The third kappa shape index (κ3) is 4.99. The molecule has 9 heteroatoms. The van der Waals surface area contributed by atoms with E-state index in [4.69, 9.17) is 19.4 Å². The van der Waals surface area contributed by atoms with E-state index in [1.165, 1.54) is 6.92 Å². The Kier molecular flexibility index (Phi) is 6.90. The fraction of sp³-hybridized carbons (Fsp3) is 0.375. The number of fused-ring (bicyclic) bond motifs is 3. The van der Waals surface area contributed by atoms with Crippen molar-refractivity contribution in [1.29, 1.82) is 0 Å². The predicted octanol–water partition coefficient (Wildman–Crippen LogP) is 2.45. The highest BCUT2D eigenvalue weighted by Gasteiger charge is 2.35. The van der Waals surface area contributed by atoms with Crippen molar-refractivity contribution in [3.8, 4) is 11.1 Å². The number of carboxylic acids is 1. The van der Waals surface area contributed by atoms with Crippen LogP contribution >= 0.6 is 0 Å². The molecule has 1 aliphatic carbocycles. The molecule has 0 bridgehead atoms. The first kappa shape index (κ1) is 22.8. The first-order valence-corrected chi connectivity index (χ1v) is 10.8. The molecule has 0 aromatic heterocycles. The van der Waals surface area contributed by atoms with Crippen molar-refractivity contribution >= 4 is 18.0 Å². The van der Waals surface area contributed by atoms with E-state index < -0.39 is 30.2 Å². The van der Waals surface area contributed by atoms with E-state index in [0.29, 0.717) is 13.0 Å². The molecule has 1 heterocycles. The van der Waals surface area contributed by atoms with Gasteiger partial charge >= 0.3 is 12.1 Å². The molecule has 2 aromatic rings. The van der Waals surface area contributed by atoms with E-state index in [0.717, 1.165) is 22.3 Å². The molecular formula is C24H26N2O7. The molecule has 174 valence electrons. The average Bonchev–Trinajstić information content (AvgIpc) is 3.42. The maximum atomic E-state index is 12.4. The first-order chi connectivity index (χ1) is 16.0. The van der Waals surface area contributed by atoms with Crippen molar-refractivity contribution in [3.05, 3.63) is 59.7 Å². The highest BCUT2D eigenvalue weighted by Crippen LogP contribution is 2.44. The Labute approximate surface area is 191 Å². The fourth-order valence-corrected chi connectivity index (χ4v) is 4.25. The van der Waals surface area contributed by atoms with E-state index >= 15 is 0 Å². The molecule has 3 atom stereocenters. The van der Waals surface area contributed by atoms with E-state index in [-0.39, 0.29) is 25.0 Å². The minimum atomic E-state index is -1.20. The molecule has 4 rings (SSSR count). The van der Waals surface area contributed by atoms with Gasteiger partial charge in [0.25, 0.3) is 5.91 Å². The van der Waals surface area contributed by atoms with Crippen LogP contribution in [0.1, 0.15) is 30.4 Å². The standard InChI is InChI=1S/C24H26N2O7/c1-14(23(28)29)33-26-22(27)21-15(10-11-31-21)12-25-24(30)32-13-20-18-8-4-2-6-16(18)17-7-3-5-9-19(17)20/h2-9,14-15,20-21H,10-13H2,1H3,(H,25,30)(H,26,27)(H,28,29)/t14?,15-,21-/m1/s1. The van der Waals surface area contributed by atoms with E-state index in [9.17, 15) is 14.4 Å². The second-order valence-electron chi connectivity index (χ2n) is 8.11. The number of aliphatic carboxylic acids is 1. The lowest BCUT2D eigenvalue weighted by Gasteiger charge is -2.19. The second-order valence-corrected chi connectivity index (χ2v) is 8.11. The Hall–Kier alpha value is -3.43. The number of hydroxylamine groups is 1. The number of alkyl carbamates (subject to hydrolysis) is 1. The number of amides is 2. The van der Waals surface area contributed by atoms with Crippen LogP contribution in [0.4, 0.5) is 4.79 Å². The molecular weight excluding hydrogens is 428 g/mol. The Bertz CT molecular complexity index is 995. The van der Waals surface area contributed by atoms with Crippen molar-refractivity contribution in [2.75, 3.05) is 19.8 Å². The van der Waals surface area contributed by atoms with Gasteiger partial charge in [0.15, 0.2) is 6.10 Å². The zero-order chi connectivity index (χ0) is 23.4. The molecule has 1 aliphatic heterocycles. The van der Waals surface area contributed by atoms with Crippen LogP contribution in [0.2, 0.25) is 0 Å². The van der Waals surface area contributed by atoms with Crippen LogP contribution in [0.3, 0.4) is 0 Å². The molecule has 2 aromatic carbocycles. The van der Waals surface area contributed by atoms with Gasteiger partial charge < -0.3 is 19.9 Å². The molecule has 0 saturated carbocycles. The first-order valence-electron chi connectivity index (χ1n) is 10.8. The third-order valence-corrected chi connectivity index (χ3v) is 6.01. The molecule has 2 amide bonds. The number of nitrogens with one attached hydrogen (secondary N) is 2. The highest BCUT2D eigenvalue weighted by molar-refractivity contribution is 5.81. The van der Waals surface area contributed by atoms with Gasteiger partial charge in [-0.05, 0) is 35.6 Å². The number of ether oxygens (including phenoxy) is 2. The zero-order valence-corrected chi connectivity index (χ0v) is 18.2. The van der Waals surface area contributed by atoms with Crippen LogP contribution in [0.5, 0.6) is 0 Å². The Morgan fingerprint density at radius 2 is 1.73 bits per heavy atom. The lowest BCUT2D eigenvalue weighted by atomic mass is 9.98. The molecule has 0 radical (unpaired) electrons. The monoisotopic (exact) mass is 454 g/mol. The molecule has 9 nitrogen and oxygen atoms in total. The van der Waals surface area contributed by atoms with E-state index in [2.05, 4.69) is 22.9 Å². The van der Waals surface area contributed by atoms with Crippen LogP contribution in [-0.2, 0) is 23.9 Å². The molecule has 1 saturated heterocycles. The largest absolute Gasteiger partial charge is 0.479 e. The van der Waals surface area contributed by atoms with Gasteiger partial charge in [-0.2, -0.15) is 0 Å². The summed E-state index contributed by atoms with van der Waals surface area (Å²) in [6, 6.07) is 16.2. The van der Waals surface area contributed by atoms with Gasteiger partial charge in [-0.3, -0.25) is 9.63 Å². The van der Waals surface area contributed by atoms with Crippen molar-refractivity contribution in [2.24, 2.45) is 5.92 Å². The Morgan fingerprint density at radius 1 is 1.09 bits per heavy atom. The number of hydrogen-bond acceptors (Lipinski definition) is 6. The zero-order valence-electron chi connectivity index (χ0n) is 18.2. The van der Waals surface area contributed by atoms with Gasteiger partial charge in [-0.1, -0.05) is 48.5 Å². The number of carbonyl (C=O) groups excluding carboxylic acids is 2. The normalized spacial score (nSPS) is 19.9. The maximum absolute atomic E-state index is 12.4. The molecule has 0 spiro atoms. The van der Waals surface area contributed by atoms with Crippen LogP contribution in [0, 0.1) is 5.92 Å². The fourth-order valence-electron chi connectivity index (χ4n) is 4.25. The summed E-state index contributed by atoms with van der Waals surface area (Å²) < 4.78 is 11.0. The van der Waals surface area contributed by atoms with Crippen molar-refractivity contribution in [2.45, 2.75) is 31.5 Å². The van der Waals surface area contributed by atoms with Crippen molar-refractivity contribution < 1.29 is 33.8 Å². The number of hydrogen-bond donors (Lipinski definition) is 3. The minimum Gasteiger partial charge on any atom is -0.479 e. The van der Waals surface area contributed by atoms with Gasteiger partial charge in [-0.25, -0.2) is 15.1 Å². The Balaban J connectivity index is 1.28. The SMILES string of the molecule is CC(ONC(=O)[C@@H]1OCC[C@@H]1CNC(=O)OCC1c2ccccc2-c2ccccc21)C(=O)O. The molecule has 33 heavy (non-hydrogen) atoms. The number of carbonyl (C=O) groups is 3. The van der Waals surface area contributed by atoms with Crippen LogP contribution < -0.4 is 10.8 Å². The topological polar surface area (TPSA) is 123 Å². The summed E-state index contributed by atoms with van der Waals surface area (Å²) in [6.07, 6.45) is -2.04. The molecule has 3 N–H and O–H groups in total. The van der Waals surface area contributed by atoms with Gasteiger partial charge in [0.1, 0.15) is 12.7 Å². The summed E-state index contributed by atoms with van der Waals surface area (Å²) >= 11 is 0. The number of rotatable bonds is 8. The Morgan fingerprint density at radius 3 is 2.36 bits per heavy atom. The van der Waals surface area contributed by atoms with Gasteiger partial charge in [0.05, 0.1) is 0 Å². The van der Waals surface area contributed by atoms with E-state index in [1.807, 2.05) is 36.4 Å². The van der Waals surface area contributed by atoms with E-state index in [1.54, 1.807) is 0 Å². The van der Waals surface area contributed by atoms with Crippen molar-refractivity contribution in [3.63, 3.8) is 0 Å². The van der Waals surface area contributed by atoms with Gasteiger partial charge in [-0.15, -0.1) is 0 Å². The van der Waals surface area contributed by atoms with Crippen LogP contribution in [0.15, 0.2) is 48.5 Å². The lowest BCUT2D eigenvalue weighted by Crippen LogP contribution is -2.44. The lowest BCUT2D eigenvalue weighted by molar-refractivity contribution is -0.162. The van der Waals surface area contributed by atoms with Gasteiger partial charge in [0.2, 0.25) is 0 Å². The van der Waals surface area contributed by atoms with Crippen LogP contribution in [0.25, 0.3) is 11.1 Å². The number of carboxylic acid groups (broad SMARTS) is 1. The molecule has 1 unspecified atom stereocenters. The summed E-state index contributed by atoms with van der Waals surface area (Å²) in [6.45, 7) is 2.03. The highest BCUT2D eigenvalue weighted by atomic mass is 16.7. The second kappa shape index (κ2) is 10.0.